The Morgan fingerprint density at radius 1 is 1.38 bits per heavy atom. The molecule has 2 aromatic rings. The van der Waals surface area contributed by atoms with Gasteiger partial charge in [-0.2, -0.15) is 0 Å². The highest BCUT2D eigenvalue weighted by molar-refractivity contribution is 7.91. The number of carbonyl (C=O) groups is 1. The summed E-state index contributed by atoms with van der Waals surface area (Å²) >= 11 is 0. The van der Waals surface area contributed by atoms with E-state index in [1.54, 1.807) is 19.9 Å². The van der Waals surface area contributed by atoms with Crippen molar-refractivity contribution in [2.45, 2.75) is 38.6 Å². The first-order valence-corrected chi connectivity index (χ1v) is 10.2. The van der Waals surface area contributed by atoms with Crippen molar-refractivity contribution in [1.82, 2.24) is 5.32 Å². The van der Waals surface area contributed by atoms with Gasteiger partial charge in [-0.25, -0.2) is 13.2 Å². The minimum absolute atomic E-state index is 0.00642. The van der Waals surface area contributed by atoms with Gasteiger partial charge in [0.25, 0.3) is 0 Å². The molecule has 1 fully saturated rings. The average Bonchev–Trinajstić information content (AvgIpc) is 2.79. The number of hydrogen-bond acceptors (Lipinski definition) is 6. The summed E-state index contributed by atoms with van der Waals surface area (Å²) in [6.45, 7) is 3.49. The van der Waals surface area contributed by atoms with E-state index in [9.17, 15) is 23.1 Å². The van der Waals surface area contributed by atoms with Crippen LogP contribution in [0.1, 0.15) is 30.9 Å². The van der Waals surface area contributed by atoms with Crippen LogP contribution < -0.4 is 10.9 Å². The number of rotatable bonds is 4. The largest absolute Gasteiger partial charge is 0.508 e. The predicted molar refractivity (Wildman–Crippen MR) is 97.0 cm³/mol. The molecule has 2 heterocycles. The Balaban J connectivity index is 1.75. The second kappa shape index (κ2) is 6.42. The van der Waals surface area contributed by atoms with Crippen molar-refractivity contribution in [3.8, 4) is 5.75 Å². The van der Waals surface area contributed by atoms with Crippen LogP contribution in [0.25, 0.3) is 11.0 Å². The number of aromatic hydroxyl groups is 1. The van der Waals surface area contributed by atoms with Crippen LogP contribution >= 0.6 is 0 Å². The number of sulfone groups is 1. The Kier molecular flexibility index (Phi) is 4.56. The molecule has 1 atom stereocenters. The third kappa shape index (κ3) is 3.75. The van der Waals surface area contributed by atoms with E-state index in [0.717, 1.165) is 0 Å². The average molecular weight is 379 g/mol. The van der Waals surface area contributed by atoms with Crippen molar-refractivity contribution >= 4 is 26.7 Å². The van der Waals surface area contributed by atoms with Crippen LogP contribution in [0.15, 0.2) is 27.4 Å². The molecule has 1 aromatic carbocycles. The quantitative estimate of drug-likeness (QED) is 0.777. The van der Waals surface area contributed by atoms with Crippen LogP contribution in [0.3, 0.4) is 0 Å². The molecule has 0 aliphatic carbocycles. The number of phenols is 1. The summed E-state index contributed by atoms with van der Waals surface area (Å²) in [5.74, 6) is -0.280. The fourth-order valence-electron chi connectivity index (χ4n) is 3.42. The number of amides is 1. The zero-order valence-corrected chi connectivity index (χ0v) is 15.5. The van der Waals surface area contributed by atoms with Crippen molar-refractivity contribution in [3.63, 3.8) is 0 Å². The number of phenolic OH excluding ortho intramolecular Hbond substituents is 1. The van der Waals surface area contributed by atoms with Gasteiger partial charge in [-0.05, 0) is 44.4 Å². The lowest BCUT2D eigenvalue weighted by atomic mass is 10.00. The van der Waals surface area contributed by atoms with E-state index in [1.807, 2.05) is 0 Å². The molecule has 1 aliphatic heterocycles. The Morgan fingerprint density at radius 3 is 2.77 bits per heavy atom. The van der Waals surface area contributed by atoms with E-state index in [-0.39, 0.29) is 36.0 Å². The van der Waals surface area contributed by atoms with E-state index in [4.69, 9.17) is 4.42 Å². The van der Waals surface area contributed by atoms with Gasteiger partial charge in [0.2, 0.25) is 5.91 Å². The van der Waals surface area contributed by atoms with E-state index < -0.39 is 21.0 Å². The minimum atomic E-state index is -3.11. The fourth-order valence-corrected chi connectivity index (χ4v) is 5.51. The summed E-state index contributed by atoms with van der Waals surface area (Å²) in [7, 11) is -3.11. The second-order valence-electron chi connectivity index (χ2n) is 7.12. The molecule has 2 N–H and O–H groups in total. The number of benzene rings is 1. The monoisotopic (exact) mass is 379 g/mol. The lowest BCUT2D eigenvalue weighted by Gasteiger charge is -2.23. The maximum Gasteiger partial charge on any atom is 0.339 e. The van der Waals surface area contributed by atoms with Gasteiger partial charge in [-0.3, -0.25) is 4.79 Å². The molecule has 7 nitrogen and oxygen atoms in total. The molecule has 1 unspecified atom stereocenters. The molecule has 1 saturated heterocycles. The van der Waals surface area contributed by atoms with Crippen molar-refractivity contribution in [2.75, 3.05) is 11.5 Å². The molecule has 1 aromatic heterocycles. The van der Waals surface area contributed by atoms with Gasteiger partial charge < -0.3 is 14.8 Å². The number of nitrogens with one attached hydrogen (secondary N) is 1. The Labute approximate surface area is 150 Å². The highest BCUT2D eigenvalue weighted by atomic mass is 32.2. The van der Waals surface area contributed by atoms with Crippen molar-refractivity contribution < 1.29 is 22.7 Å². The van der Waals surface area contributed by atoms with E-state index in [2.05, 4.69) is 5.32 Å². The highest BCUT2D eigenvalue weighted by Crippen LogP contribution is 2.25. The van der Waals surface area contributed by atoms with Gasteiger partial charge in [0, 0.05) is 23.4 Å². The van der Waals surface area contributed by atoms with Crippen molar-refractivity contribution in [1.29, 1.82) is 0 Å². The summed E-state index contributed by atoms with van der Waals surface area (Å²) in [6, 6.07) is 4.55. The van der Waals surface area contributed by atoms with Gasteiger partial charge in [0.05, 0.1) is 17.0 Å². The lowest BCUT2D eigenvalue weighted by molar-refractivity contribution is -0.122. The molecular weight excluding hydrogens is 358 g/mol. The molecule has 26 heavy (non-hydrogen) atoms. The standard InChI is InChI=1S/C18H21NO6S/c1-11-13-4-3-12(20)9-15(13)25-17(22)14(11)5-6-16(21)19-18(2)7-8-26(23,24)10-18/h3-4,9,20H,5-8,10H2,1-2H3,(H,19,21). The topological polar surface area (TPSA) is 114 Å². The van der Waals surface area contributed by atoms with Gasteiger partial charge in [-0.15, -0.1) is 0 Å². The van der Waals surface area contributed by atoms with Gasteiger partial charge >= 0.3 is 5.63 Å². The van der Waals surface area contributed by atoms with Crippen LogP contribution in [0.4, 0.5) is 0 Å². The summed E-state index contributed by atoms with van der Waals surface area (Å²) < 4.78 is 28.5. The smallest absolute Gasteiger partial charge is 0.339 e. The second-order valence-corrected chi connectivity index (χ2v) is 9.31. The summed E-state index contributed by atoms with van der Waals surface area (Å²) in [5.41, 5.74) is 0.116. The number of carbonyl (C=O) groups excluding carboxylic acids is 1. The van der Waals surface area contributed by atoms with Gasteiger partial charge in [0.1, 0.15) is 11.3 Å². The third-order valence-corrected chi connectivity index (χ3v) is 6.72. The van der Waals surface area contributed by atoms with E-state index in [1.165, 1.54) is 12.1 Å². The van der Waals surface area contributed by atoms with Crippen LogP contribution in [-0.2, 0) is 21.1 Å². The Bertz CT molecular complexity index is 1040. The van der Waals surface area contributed by atoms with Crippen LogP contribution in [0.2, 0.25) is 0 Å². The molecule has 140 valence electrons. The first kappa shape index (κ1) is 18.4. The normalized spacial score (nSPS) is 21.8. The van der Waals surface area contributed by atoms with E-state index >= 15 is 0 Å². The zero-order chi connectivity index (χ0) is 19.1. The molecule has 1 aliphatic rings. The Morgan fingerprint density at radius 2 is 2.12 bits per heavy atom. The SMILES string of the molecule is Cc1c(CCC(=O)NC2(C)CCS(=O)(=O)C2)c(=O)oc2cc(O)ccc12. The molecule has 0 bridgehead atoms. The highest BCUT2D eigenvalue weighted by Gasteiger charge is 2.39. The summed E-state index contributed by atoms with van der Waals surface area (Å²) in [6.07, 6.45) is 0.645. The maximum absolute atomic E-state index is 12.2. The predicted octanol–water partition coefficient (Wildman–Crippen LogP) is 1.43. The summed E-state index contributed by atoms with van der Waals surface area (Å²) in [4.78, 5) is 24.5. The van der Waals surface area contributed by atoms with Gasteiger partial charge in [-0.1, -0.05) is 0 Å². The molecule has 0 spiro atoms. The number of aryl methyl sites for hydroxylation is 1. The number of fused-ring (bicyclic) bond motifs is 1. The molecule has 0 radical (unpaired) electrons. The third-order valence-electron chi connectivity index (χ3n) is 4.82. The van der Waals surface area contributed by atoms with Crippen LogP contribution in [0.5, 0.6) is 5.75 Å². The van der Waals surface area contributed by atoms with Crippen molar-refractivity contribution in [3.05, 3.63) is 39.7 Å². The number of hydrogen-bond donors (Lipinski definition) is 2. The van der Waals surface area contributed by atoms with E-state index in [0.29, 0.717) is 28.5 Å². The summed E-state index contributed by atoms with van der Waals surface area (Å²) in [5, 5.41) is 13.0. The van der Waals surface area contributed by atoms with Crippen LogP contribution in [-0.4, -0.2) is 36.5 Å². The Hall–Kier alpha value is -2.35. The molecule has 0 saturated carbocycles. The van der Waals surface area contributed by atoms with Crippen LogP contribution in [0, 0.1) is 6.92 Å². The molecular formula is C18H21NO6S. The maximum atomic E-state index is 12.2. The zero-order valence-electron chi connectivity index (χ0n) is 14.7. The molecule has 3 rings (SSSR count). The lowest BCUT2D eigenvalue weighted by Crippen LogP contribution is -2.47. The molecule has 1 amide bonds. The first-order chi connectivity index (χ1) is 12.1. The fraction of sp³-hybridized carbons (Fsp3) is 0.444. The molecule has 8 heteroatoms. The van der Waals surface area contributed by atoms with Gasteiger partial charge in [0.15, 0.2) is 9.84 Å². The van der Waals surface area contributed by atoms with Crippen molar-refractivity contribution in [2.24, 2.45) is 0 Å². The first-order valence-electron chi connectivity index (χ1n) is 8.35. The minimum Gasteiger partial charge on any atom is -0.508 e.